The van der Waals surface area contributed by atoms with Crippen LogP contribution in [0.25, 0.3) is 6.08 Å². The van der Waals surface area contributed by atoms with E-state index in [9.17, 15) is 5.11 Å². The van der Waals surface area contributed by atoms with Crippen LogP contribution in [0, 0.1) is 5.92 Å². The molecule has 3 heterocycles. The van der Waals surface area contributed by atoms with Crippen LogP contribution in [0.1, 0.15) is 31.2 Å². The van der Waals surface area contributed by atoms with E-state index >= 15 is 0 Å². The molecule has 3 rings (SSSR count). The van der Waals surface area contributed by atoms with Gasteiger partial charge in [0.05, 0.1) is 0 Å². The van der Waals surface area contributed by atoms with Crippen LogP contribution in [0.3, 0.4) is 0 Å². The average molecular weight is 301 g/mol. The number of aliphatic hydroxyl groups excluding tert-OH is 1. The summed E-state index contributed by atoms with van der Waals surface area (Å²) in [6.07, 6.45) is 8.54. The molecule has 2 aliphatic rings. The topological polar surface area (TPSA) is 39.6 Å². The molecule has 4 nitrogen and oxygen atoms in total. The molecule has 0 aliphatic carbocycles. The molecule has 1 aromatic heterocycles. The Morgan fingerprint density at radius 3 is 2.68 bits per heavy atom. The molecular formula is C18H27N3O. The molecule has 1 unspecified atom stereocenters. The van der Waals surface area contributed by atoms with E-state index in [0.29, 0.717) is 18.6 Å². The number of pyridine rings is 1. The maximum absolute atomic E-state index is 9.39. The van der Waals surface area contributed by atoms with Crippen molar-refractivity contribution in [1.29, 1.82) is 0 Å². The van der Waals surface area contributed by atoms with Gasteiger partial charge in [0.15, 0.2) is 0 Å². The van der Waals surface area contributed by atoms with Crippen molar-refractivity contribution in [3.63, 3.8) is 0 Å². The van der Waals surface area contributed by atoms with Gasteiger partial charge in [0.25, 0.3) is 0 Å². The molecule has 0 bridgehead atoms. The van der Waals surface area contributed by atoms with Crippen molar-refractivity contribution in [1.82, 2.24) is 9.88 Å². The lowest BCUT2D eigenvalue weighted by molar-refractivity contribution is 0.0777. The van der Waals surface area contributed by atoms with Gasteiger partial charge in [-0.15, -0.1) is 0 Å². The Hall–Kier alpha value is -1.39. The van der Waals surface area contributed by atoms with Crippen LogP contribution in [0.15, 0.2) is 24.9 Å². The average Bonchev–Trinajstić information content (AvgIpc) is 2.62. The van der Waals surface area contributed by atoms with Gasteiger partial charge >= 0.3 is 0 Å². The molecule has 0 amide bonds. The maximum atomic E-state index is 9.39. The van der Waals surface area contributed by atoms with Gasteiger partial charge in [0.2, 0.25) is 0 Å². The van der Waals surface area contributed by atoms with Crippen LogP contribution in [0.4, 0.5) is 5.82 Å². The minimum atomic E-state index is 0.342. The number of rotatable bonds is 4. The van der Waals surface area contributed by atoms with Gasteiger partial charge in [-0.2, -0.15) is 0 Å². The summed E-state index contributed by atoms with van der Waals surface area (Å²) in [5, 5.41) is 9.39. The summed E-state index contributed by atoms with van der Waals surface area (Å²) in [6.45, 7) is 8.54. The third kappa shape index (κ3) is 3.50. The van der Waals surface area contributed by atoms with Gasteiger partial charge in [-0.1, -0.05) is 12.7 Å². The lowest BCUT2D eigenvalue weighted by Crippen LogP contribution is -2.49. The largest absolute Gasteiger partial charge is 0.396 e. The summed E-state index contributed by atoms with van der Waals surface area (Å²) in [6, 6.07) is 4.86. The van der Waals surface area contributed by atoms with Gasteiger partial charge in [0.1, 0.15) is 5.82 Å². The molecule has 22 heavy (non-hydrogen) atoms. The highest BCUT2D eigenvalue weighted by atomic mass is 16.3. The highest BCUT2D eigenvalue weighted by Gasteiger charge is 2.28. The molecule has 0 aromatic carbocycles. The van der Waals surface area contributed by atoms with E-state index < -0.39 is 0 Å². The Morgan fingerprint density at radius 2 is 2.05 bits per heavy atom. The quantitative estimate of drug-likeness (QED) is 0.927. The van der Waals surface area contributed by atoms with E-state index in [0.717, 1.165) is 31.0 Å². The highest BCUT2D eigenvalue weighted by molar-refractivity contribution is 5.49. The van der Waals surface area contributed by atoms with Crippen LogP contribution >= 0.6 is 0 Å². The molecule has 2 fully saturated rings. The monoisotopic (exact) mass is 301 g/mol. The SMILES string of the molecule is C=Cc1ccc(N2CCC(N3CCCC(CO)C3)CC2)nc1. The molecule has 120 valence electrons. The first-order chi connectivity index (χ1) is 10.8. The van der Waals surface area contributed by atoms with Gasteiger partial charge in [-0.05, 0) is 55.8 Å². The summed E-state index contributed by atoms with van der Waals surface area (Å²) in [5.74, 6) is 1.57. The van der Waals surface area contributed by atoms with Crippen molar-refractivity contribution in [2.24, 2.45) is 5.92 Å². The van der Waals surface area contributed by atoms with E-state index in [1.807, 2.05) is 12.3 Å². The first-order valence-corrected chi connectivity index (χ1v) is 8.48. The van der Waals surface area contributed by atoms with Crippen molar-refractivity contribution in [3.05, 3.63) is 30.5 Å². The molecule has 0 saturated carbocycles. The van der Waals surface area contributed by atoms with Crippen molar-refractivity contribution in [2.45, 2.75) is 31.7 Å². The Kier molecular flexibility index (Phi) is 5.11. The first kappa shape index (κ1) is 15.5. The van der Waals surface area contributed by atoms with Gasteiger partial charge < -0.3 is 10.0 Å². The second kappa shape index (κ2) is 7.25. The fourth-order valence-corrected chi connectivity index (χ4v) is 3.74. The zero-order chi connectivity index (χ0) is 15.4. The Morgan fingerprint density at radius 1 is 1.23 bits per heavy atom. The van der Waals surface area contributed by atoms with E-state index in [1.54, 1.807) is 0 Å². The Balaban J connectivity index is 1.54. The fraction of sp³-hybridized carbons (Fsp3) is 0.611. The van der Waals surface area contributed by atoms with Crippen molar-refractivity contribution in [2.75, 3.05) is 37.7 Å². The number of hydrogen-bond donors (Lipinski definition) is 1. The number of nitrogens with zero attached hydrogens (tertiary/aromatic N) is 3. The second-order valence-corrected chi connectivity index (χ2v) is 6.56. The smallest absolute Gasteiger partial charge is 0.128 e. The van der Waals surface area contributed by atoms with E-state index in [2.05, 4.69) is 33.5 Å². The minimum Gasteiger partial charge on any atom is -0.396 e. The van der Waals surface area contributed by atoms with Crippen LogP contribution in [0.2, 0.25) is 0 Å². The maximum Gasteiger partial charge on any atom is 0.128 e. The van der Waals surface area contributed by atoms with E-state index in [1.165, 1.54) is 32.2 Å². The number of piperidine rings is 2. The van der Waals surface area contributed by atoms with Crippen LogP contribution in [-0.2, 0) is 0 Å². The van der Waals surface area contributed by atoms with Crippen LogP contribution in [0.5, 0.6) is 0 Å². The number of anilines is 1. The zero-order valence-electron chi connectivity index (χ0n) is 13.3. The molecule has 1 aromatic rings. The number of likely N-dealkylation sites (tertiary alicyclic amines) is 1. The summed E-state index contributed by atoms with van der Waals surface area (Å²) in [5.41, 5.74) is 1.07. The lowest BCUT2D eigenvalue weighted by Gasteiger charge is -2.42. The molecular weight excluding hydrogens is 274 g/mol. The standard InChI is InChI=1S/C18H27N3O/c1-2-15-5-6-18(19-12-15)20-10-7-17(8-11-20)21-9-3-4-16(13-21)14-22/h2,5-6,12,16-17,22H,1,3-4,7-11,13-14H2. The van der Waals surface area contributed by atoms with Crippen molar-refractivity contribution in [3.8, 4) is 0 Å². The zero-order valence-corrected chi connectivity index (χ0v) is 13.3. The predicted octanol–water partition coefficient (Wildman–Crippen LogP) is 2.40. The predicted molar refractivity (Wildman–Crippen MR) is 90.9 cm³/mol. The summed E-state index contributed by atoms with van der Waals surface area (Å²) in [7, 11) is 0. The summed E-state index contributed by atoms with van der Waals surface area (Å²) >= 11 is 0. The molecule has 1 atom stereocenters. The molecule has 0 radical (unpaired) electrons. The number of hydrogen-bond acceptors (Lipinski definition) is 4. The first-order valence-electron chi connectivity index (χ1n) is 8.48. The second-order valence-electron chi connectivity index (χ2n) is 6.56. The summed E-state index contributed by atoms with van der Waals surface area (Å²) < 4.78 is 0. The number of aromatic nitrogens is 1. The van der Waals surface area contributed by atoms with Crippen LogP contribution in [-0.4, -0.2) is 53.8 Å². The van der Waals surface area contributed by atoms with Crippen molar-refractivity contribution < 1.29 is 5.11 Å². The normalized spacial score (nSPS) is 24.4. The van der Waals surface area contributed by atoms with Gasteiger partial charge in [0, 0.05) is 38.5 Å². The molecule has 0 spiro atoms. The molecule has 2 aliphatic heterocycles. The van der Waals surface area contributed by atoms with Gasteiger partial charge in [-0.25, -0.2) is 4.98 Å². The third-order valence-corrected chi connectivity index (χ3v) is 5.12. The number of aliphatic hydroxyl groups is 1. The Labute approximate surface area is 133 Å². The minimum absolute atomic E-state index is 0.342. The van der Waals surface area contributed by atoms with Gasteiger partial charge in [-0.3, -0.25) is 4.90 Å². The van der Waals surface area contributed by atoms with E-state index in [-0.39, 0.29) is 0 Å². The van der Waals surface area contributed by atoms with E-state index in [4.69, 9.17) is 0 Å². The highest BCUT2D eigenvalue weighted by Crippen LogP contribution is 2.25. The Bertz CT molecular complexity index is 480. The lowest BCUT2D eigenvalue weighted by atomic mass is 9.94. The fourth-order valence-electron chi connectivity index (χ4n) is 3.74. The third-order valence-electron chi connectivity index (χ3n) is 5.12. The molecule has 4 heteroatoms. The van der Waals surface area contributed by atoms with Crippen molar-refractivity contribution >= 4 is 11.9 Å². The van der Waals surface area contributed by atoms with Crippen LogP contribution < -0.4 is 4.90 Å². The molecule has 1 N–H and O–H groups in total. The summed E-state index contributed by atoms with van der Waals surface area (Å²) in [4.78, 5) is 9.54. The molecule has 2 saturated heterocycles.